The van der Waals surface area contributed by atoms with E-state index in [4.69, 9.17) is 0 Å². The molecule has 4 rings (SSSR count). The van der Waals surface area contributed by atoms with Crippen LogP contribution in [0.1, 0.15) is 82.8 Å². The minimum absolute atomic E-state index is 0.275. The lowest BCUT2D eigenvalue weighted by molar-refractivity contribution is 0.122. The van der Waals surface area contributed by atoms with Crippen LogP contribution in [0.3, 0.4) is 0 Å². The molecule has 0 amide bonds. The van der Waals surface area contributed by atoms with Crippen molar-refractivity contribution in [3.8, 4) is 0 Å². The quantitative estimate of drug-likeness (QED) is 0.570. The fourth-order valence-electron chi connectivity index (χ4n) is 6.07. The van der Waals surface area contributed by atoms with Gasteiger partial charge in [-0.25, -0.2) is 0 Å². The molecule has 0 spiro atoms. The van der Waals surface area contributed by atoms with E-state index in [0.29, 0.717) is 0 Å². The molecule has 0 radical (unpaired) electrons. The lowest BCUT2D eigenvalue weighted by Gasteiger charge is -2.43. The highest BCUT2D eigenvalue weighted by molar-refractivity contribution is 5.31. The number of rotatable bonds is 1. The summed E-state index contributed by atoms with van der Waals surface area (Å²) >= 11 is 0. The number of hydrogen-bond acceptors (Lipinski definition) is 0. The van der Waals surface area contributed by atoms with Crippen molar-refractivity contribution < 1.29 is 0 Å². The van der Waals surface area contributed by atoms with Crippen molar-refractivity contribution >= 4 is 0 Å². The second-order valence-corrected chi connectivity index (χ2v) is 9.34. The van der Waals surface area contributed by atoms with E-state index in [1.807, 2.05) is 0 Å². The first-order valence-corrected chi connectivity index (χ1v) is 9.64. The molecule has 0 heteroatoms. The van der Waals surface area contributed by atoms with Crippen LogP contribution in [0.4, 0.5) is 0 Å². The number of hydrogen-bond donors (Lipinski definition) is 0. The molecule has 3 aliphatic rings. The molecule has 22 heavy (non-hydrogen) atoms. The molecule has 3 saturated carbocycles. The van der Waals surface area contributed by atoms with E-state index >= 15 is 0 Å². The van der Waals surface area contributed by atoms with Crippen LogP contribution in [-0.2, 0) is 5.41 Å². The van der Waals surface area contributed by atoms with Crippen molar-refractivity contribution in [2.45, 2.75) is 77.0 Å². The molecule has 0 heterocycles. The lowest BCUT2D eigenvalue weighted by Crippen LogP contribution is -2.34. The van der Waals surface area contributed by atoms with Gasteiger partial charge in [-0.05, 0) is 65.4 Å². The van der Waals surface area contributed by atoms with Crippen molar-refractivity contribution in [3.63, 3.8) is 0 Å². The van der Waals surface area contributed by atoms with Crippen LogP contribution in [0, 0.1) is 23.7 Å². The largest absolute Gasteiger partial charge is 0.0584 e. The summed E-state index contributed by atoms with van der Waals surface area (Å²) in [4.78, 5) is 0. The van der Waals surface area contributed by atoms with E-state index in [0.717, 1.165) is 29.6 Å². The van der Waals surface area contributed by atoms with E-state index in [9.17, 15) is 0 Å². The van der Waals surface area contributed by atoms with Crippen molar-refractivity contribution in [3.05, 3.63) is 35.4 Å². The third-order valence-electron chi connectivity index (χ3n) is 7.13. The van der Waals surface area contributed by atoms with Crippen molar-refractivity contribution in [1.29, 1.82) is 0 Å². The molecular formula is C22H32. The number of fused-ring (bicyclic) bond motifs is 2. The van der Waals surface area contributed by atoms with Crippen LogP contribution >= 0.6 is 0 Å². The van der Waals surface area contributed by atoms with Crippen LogP contribution in [0.25, 0.3) is 0 Å². The monoisotopic (exact) mass is 296 g/mol. The minimum atomic E-state index is 0.275. The van der Waals surface area contributed by atoms with Gasteiger partial charge >= 0.3 is 0 Å². The van der Waals surface area contributed by atoms with Gasteiger partial charge in [-0.2, -0.15) is 0 Å². The Hall–Kier alpha value is -0.780. The molecule has 0 N–H and O–H groups in total. The second-order valence-electron chi connectivity index (χ2n) is 9.34. The first-order valence-electron chi connectivity index (χ1n) is 9.64. The van der Waals surface area contributed by atoms with Crippen molar-refractivity contribution in [2.24, 2.45) is 23.7 Å². The van der Waals surface area contributed by atoms with Crippen LogP contribution in [0.5, 0.6) is 0 Å². The highest BCUT2D eigenvalue weighted by Crippen LogP contribution is 2.58. The highest BCUT2D eigenvalue weighted by atomic mass is 14.5. The topological polar surface area (TPSA) is 0 Å². The zero-order valence-corrected chi connectivity index (χ0v) is 14.6. The molecule has 0 saturated heterocycles. The van der Waals surface area contributed by atoms with Crippen molar-refractivity contribution in [1.82, 2.24) is 0 Å². The van der Waals surface area contributed by atoms with E-state index in [2.05, 4.69) is 45.0 Å². The molecule has 120 valence electrons. The Kier molecular flexibility index (Phi) is 3.62. The summed E-state index contributed by atoms with van der Waals surface area (Å²) in [5, 5.41) is 0. The van der Waals surface area contributed by atoms with E-state index in [-0.39, 0.29) is 5.41 Å². The van der Waals surface area contributed by atoms with Gasteiger partial charge in [0.05, 0.1) is 0 Å². The van der Waals surface area contributed by atoms with Gasteiger partial charge in [-0.1, -0.05) is 70.7 Å². The first-order chi connectivity index (χ1) is 10.5. The second kappa shape index (κ2) is 5.39. The van der Waals surface area contributed by atoms with Crippen LogP contribution in [-0.4, -0.2) is 0 Å². The average Bonchev–Trinajstić information content (AvgIpc) is 3.12. The summed E-state index contributed by atoms with van der Waals surface area (Å²) in [5.41, 5.74) is 3.43. The smallest absolute Gasteiger partial charge is 0.01000 e. The molecule has 0 nitrogen and oxygen atoms in total. The van der Waals surface area contributed by atoms with Gasteiger partial charge in [0.2, 0.25) is 0 Å². The molecule has 3 fully saturated rings. The first kappa shape index (κ1) is 14.8. The Balaban J connectivity index is 1.66. The van der Waals surface area contributed by atoms with Gasteiger partial charge in [-0.3, -0.25) is 0 Å². The molecular weight excluding hydrogens is 264 g/mol. The molecule has 0 aromatic heterocycles. The zero-order chi connectivity index (χ0) is 15.3. The summed E-state index contributed by atoms with van der Waals surface area (Å²) in [6.07, 6.45) is 10.6. The summed E-state index contributed by atoms with van der Waals surface area (Å²) in [6, 6.07) is 9.80. The van der Waals surface area contributed by atoms with Gasteiger partial charge in [0.1, 0.15) is 0 Å². The van der Waals surface area contributed by atoms with Gasteiger partial charge in [-0.15, -0.1) is 0 Å². The van der Waals surface area contributed by atoms with Crippen LogP contribution in [0.2, 0.25) is 0 Å². The third kappa shape index (κ3) is 2.43. The van der Waals surface area contributed by atoms with Crippen LogP contribution in [0.15, 0.2) is 24.3 Å². The Morgan fingerprint density at radius 2 is 1.32 bits per heavy atom. The molecule has 4 atom stereocenters. The summed E-state index contributed by atoms with van der Waals surface area (Å²) in [5.74, 6) is 4.97. The lowest BCUT2D eigenvalue weighted by atomic mass is 9.62. The Bertz CT molecular complexity index is 498. The Morgan fingerprint density at radius 3 is 1.82 bits per heavy atom. The SMILES string of the molecule is CC(C)(C)c1ccc(C2C3CCCC3CC3CCCC32)cc1. The average molecular weight is 296 g/mol. The summed E-state index contributed by atoms with van der Waals surface area (Å²) in [7, 11) is 0. The predicted molar refractivity (Wildman–Crippen MR) is 94.2 cm³/mol. The van der Waals surface area contributed by atoms with Gasteiger partial charge in [0, 0.05) is 0 Å². The van der Waals surface area contributed by atoms with Gasteiger partial charge < -0.3 is 0 Å². The van der Waals surface area contributed by atoms with Crippen molar-refractivity contribution in [2.75, 3.05) is 0 Å². The zero-order valence-electron chi connectivity index (χ0n) is 14.6. The number of benzene rings is 1. The molecule has 0 bridgehead atoms. The van der Waals surface area contributed by atoms with E-state index < -0.39 is 0 Å². The molecule has 4 unspecified atom stereocenters. The maximum absolute atomic E-state index is 2.49. The Morgan fingerprint density at radius 1 is 0.773 bits per heavy atom. The highest BCUT2D eigenvalue weighted by Gasteiger charge is 2.48. The fraction of sp³-hybridized carbons (Fsp3) is 0.727. The van der Waals surface area contributed by atoms with E-state index in [1.54, 1.807) is 12.0 Å². The standard InChI is InChI=1S/C22H32/c1-22(2,3)18-12-10-15(11-13-18)21-19-8-4-6-16(19)14-17-7-5-9-20(17)21/h10-13,16-17,19-21H,4-9,14H2,1-3H3. The Labute approximate surface area is 136 Å². The van der Waals surface area contributed by atoms with Crippen LogP contribution < -0.4 is 0 Å². The van der Waals surface area contributed by atoms with Gasteiger partial charge in [0.25, 0.3) is 0 Å². The normalized spacial score (nSPS) is 37.9. The fourth-order valence-corrected chi connectivity index (χ4v) is 6.07. The maximum Gasteiger partial charge on any atom is -0.01000 e. The third-order valence-corrected chi connectivity index (χ3v) is 7.13. The van der Waals surface area contributed by atoms with Gasteiger partial charge in [0.15, 0.2) is 0 Å². The van der Waals surface area contributed by atoms with E-state index in [1.165, 1.54) is 44.1 Å². The maximum atomic E-state index is 2.49. The molecule has 3 aliphatic carbocycles. The summed E-state index contributed by atoms with van der Waals surface area (Å²) in [6.45, 7) is 6.97. The summed E-state index contributed by atoms with van der Waals surface area (Å²) < 4.78 is 0. The molecule has 0 aliphatic heterocycles. The predicted octanol–water partition coefficient (Wildman–Crippen LogP) is 6.30. The minimum Gasteiger partial charge on any atom is -0.0584 e. The molecule has 1 aromatic carbocycles. The molecule has 1 aromatic rings.